The van der Waals surface area contributed by atoms with Crippen LogP contribution in [0, 0.1) is 28.6 Å². The van der Waals surface area contributed by atoms with Crippen molar-refractivity contribution < 1.29 is 19.1 Å². The summed E-state index contributed by atoms with van der Waals surface area (Å²) in [5, 5.41) is 21.6. The molecule has 7 atom stereocenters. The molecule has 0 radical (unpaired) electrons. The first-order valence-electron chi connectivity index (χ1n) is 13.3. The van der Waals surface area contributed by atoms with Crippen LogP contribution in [0.15, 0.2) is 24.3 Å². The number of benzene rings is 1. The van der Waals surface area contributed by atoms with Gasteiger partial charge in [0.1, 0.15) is 17.7 Å². The Morgan fingerprint density at radius 1 is 1.21 bits per heavy atom. The van der Waals surface area contributed by atoms with Gasteiger partial charge in [-0.1, -0.05) is 12.1 Å². The van der Waals surface area contributed by atoms with Gasteiger partial charge in [-0.3, -0.25) is 14.5 Å². The smallest absolute Gasteiger partial charge is 0.408 e. The third-order valence-corrected chi connectivity index (χ3v) is 8.14. The lowest BCUT2D eigenvalue weighted by atomic mass is 10.0. The summed E-state index contributed by atoms with van der Waals surface area (Å²) in [4.78, 5) is 45.4. The minimum absolute atomic E-state index is 0.0158. The Hall–Kier alpha value is -3.63. The van der Waals surface area contributed by atoms with E-state index in [-0.39, 0.29) is 36.5 Å². The molecule has 1 aromatic rings. The van der Waals surface area contributed by atoms with Gasteiger partial charge in [0.05, 0.1) is 29.8 Å². The van der Waals surface area contributed by atoms with Crippen LogP contribution in [0.1, 0.15) is 64.1 Å². The first kappa shape index (κ1) is 26.0. The van der Waals surface area contributed by atoms with E-state index in [2.05, 4.69) is 17.5 Å². The summed E-state index contributed by atoms with van der Waals surface area (Å²) in [7, 11) is 0. The zero-order valence-corrected chi connectivity index (χ0v) is 22.3. The molecule has 3 aliphatic heterocycles. The van der Waals surface area contributed by atoms with Crippen LogP contribution in [0.2, 0.25) is 0 Å². The number of fused-ring (bicyclic) bond motifs is 3. The van der Waals surface area contributed by atoms with E-state index < -0.39 is 29.8 Å². The maximum atomic E-state index is 13.7. The van der Waals surface area contributed by atoms with Gasteiger partial charge in [-0.25, -0.2) is 4.79 Å². The van der Waals surface area contributed by atoms with Crippen LogP contribution in [-0.2, 0) is 14.3 Å². The third kappa shape index (κ3) is 4.81. The van der Waals surface area contributed by atoms with Crippen LogP contribution in [0.3, 0.4) is 0 Å². The standard InChI is InChI=1S/C28H34N6O4/c1-16(18-7-5-6-17(8-18)12-29)33-21-11-24(26(33)36)32(14-21)15-22(31-27(37)38-28(2,3)4)25(35)34-20(13-30)9-19-10-23(19)34/h5-8,16,19-24H,9-11,14-15H2,1-4H3,(H,31,37)/t16?,19-,20?,21+,22?,23+,24?/m1/s1. The second-order valence-corrected chi connectivity index (χ2v) is 11.9. The van der Waals surface area contributed by atoms with E-state index in [1.165, 1.54) is 0 Å². The Kier molecular flexibility index (Phi) is 6.56. The average molecular weight is 519 g/mol. The van der Waals surface area contributed by atoms with Crippen LogP contribution >= 0.6 is 0 Å². The summed E-state index contributed by atoms with van der Waals surface area (Å²) in [5.74, 6) is 0.0452. The number of nitrogens with one attached hydrogen (secondary N) is 1. The van der Waals surface area contributed by atoms with Crippen molar-refractivity contribution in [3.8, 4) is 12.1 Å². The summed E-state index contributed by atoms with van der Waals surface area (Å²) in [6.45, 7) is 7.98. The Labute approximate surface area is 223 Å². The van der Waals surface area contributed by atoms with Crippen molar-refractivity contribution in [2.24, 2.45) is 5.92 Å². The number of nitrogens with zero attached hydrogens (tertiary/aromatic N) is 5. The van der Waals surface area contributed by atoms with Crippen LogP contribution < -0.4 is 5.32 Å². The lowest BCUT2D eigenvalue weighted by Crippen LogP contribution is -2.59. The zero-order chi connectivity index (χ0) is 27.4. The van der Waals surface area contributed by atoms with E-state index in [0.29, 0.717) is 30.9 Å². The molecular formula is C28H34N6O4. The highest BCUT2D eigenvalue weighted by molar-refractivity contribution is 5.89. The molecule has 4 aliphatic rings. The number of likely N-dealkylation sites (tertiary alicyclic amines) is 3. The maximum Gasteiger partial charge on any atom is 0.408 e. The highest BCUT2D eigenvalue weighted by Gasteiger charge is 2.56. The molecule has 1 N–H and O–H groups in total. The maximum absolute atomic E-state index is 13.7. The molecule has 3 amide bonds. The van der Waals surface area contributed by atoms with Crippen LogP contribution in [0.5, 0.6) is 0 Å². The fourth-order valence-electron chi connectivity index (χ4n) is 6.37. The van der Waals surface area contributed by atoms with Crippen LogP contribution in [0.25, 0.3) is 0 Å². The number of carbonyl (C=O) groups excluding carboxylic acids is 3. The lowest BCUT2D eigenvalue weighted by molar-refractivity contribution is -0.141. The van der Waals surface area contributed by atoms with E-state index in [9.17, 15) is 24.9 Å². The lowest BCUT2D eigenvalue weighted by Gasteiger charge is -2.39. The van der Waals surface area contributed by atoms with Gasteiger partial charge in [-0.15, -0.1) is 0 Å². The zero-order valence-electron chi connectivity index (χ0n) is 22.3. The van der Waals surface area contributed by atoms with Crippen molar-refractivity contribution in [1.82, 2.24) is 20.0 Å². The Morgan fingerprint density at radius 3 is 2.63 bits per heavy atom. The summed E-state index contributed by atoms with van der Waals surface area (Å²) in [6.07, 6.45) is 1.50. The molecule has 5 rings (SSSR count). The number of amides is 3. The molecule has 4 unspecified atom stereocenters. The molecule has 10 heteroatoms. The van der Waals surface area contributed by atoms with Crippen molar-refractivity contribution >= 4 is 17.9 Å². The first-order chi connectivity index (χ1) is 18.0. The van der Waals surface area contributed by atoms with E-state index in [1.54, 1.807) is 31.7 Å². The SMILES string of the molecule is CC(c1cccc(C#N)c1)N1C(=O)C2C[C@H]1CN2CC(NC(=O)OC(C)(C)C)C(=O)N1C(C#N)C[C@@H]2C[C@@H]21. The van der Waals surface area contributed by atoms with Gasteiger partial charge in [0.25, 0.3) is 0 Å². The van der Waals surface area contributed by atoms with Gasteiger partial charge in [-0.2, -0.15) is 10.5 Å². The molecule has 2 bridgehead atoms. The van der Waals surface area contributed by atoms with Crippen molar-refractivity contribution in [1.29, 1.82) is 10.5 Å². The normalized spacial score (nSPS) is 29.3. The molecule has 0 aromatic heterocycles. The van der Waals surface area contributed by atoms with Gasteiger partial charge < -0.3 is 19.9 Å². The Morgan fingerprint density at radius 2 is 1.97 bits per heavy atom. The van der Waals surface area contributed by atoms with E-state index >= 15 is 0 Å². The highest BCUT2D eigenvalue weighted by atomic mass is 16.6. The van der Waals surface area contributed by atoms with Gasteiger partial charge in [-0.05, 0) is 70.6 Å². The summed E-state index contributed by atoms with van der Waals surface area (Å²) in [6, 6.07) is 9.72. The first-order valence-corrected chi connectivity index (χ1v) is 13.3. The van der Waals surface area contributed by atoms with E-state index in [0.717, 1.165) is 12.0 Å². The number of nitriles is 2. The second kappa shape index (κ2) is 9.59. The molecule has 4 fully saturated rings. The molecule has 1 aromatic carbocycles. The monoisotopic (exact) mass is 518 g/mol. The summed E-state index contributed by atoms with van der Waals surface area (Å²) in [5.41, 5.74) is 0.731. The second-order valence-electron chi connectivity index (χ2n) is 11.9. The van der Waals surface area contributed by atoms with Gasteiger partial charge in [0.2, 0.25) is 11.8 Å². The minimum Gasteiger partial charge on any atom is -0.444 e. The molecule has 1 saturated carbocycles. The molecule has 10 nitrogen and oxygen atoms in total. The Balaban J connectivity index is 1.31. The summed E-state index contributed by atoms with van der Waals surface area (Å²) >= 11 is 0. The predicted octanol–water partition coefficient (Wildman–Crippen LogP) is 2.31. The predicted molar refractivity (Wildman–Crippen MR) is 136 cm³/mol. The molecule has 200 valence electrons. The number of piperazine rings is 1. The van der Waals surface area contributed by atoms with E-state index in [1.807, 2.05) is 34.9 Å². The van der Waals surface area contributed by atoms with Crippen molar-refractivity contribution in [3.63, 3.8) is 0 Å². The van der Waals surface area contributed by atoms with Crippen molar-refractivity contribution in [2.75, 3.05) is 13.1 Å². The van der Waals surface area contributed by atoms with Crippen molar-refractivity contribution in [2.45, 2.75) is 88.8 Å². The fraction of sp³-hybridized carbons (Fsp3) is 0.607. The molecule has 3 heterocycles. The van der Waals surface area contributed by atoms with Gasteiger partial charge in [0, 0.05) is 25.2 Å². The van der Waals surface area contributed by atoms with Gasteiger partial charge >= 0.3 is 6.09 Å². The van der Waals surface area contributed by atoms with Crippen molar-refractivity contribution in [3.05, 3.63) is 35.4 Å². The van der Waals surface area contributed by atoms with Crippen LogP contribution in [0.4, 0.5) is 4.79 Å². The molecule has 1 aliphatic carbocycles. The number of carbonyl (C=O) groups is 3. The molecular weight excluding hydrogens is 484 g/mol. The highest BCUT2D eigenvalue weighted by Crippen LogP contribution is 2.48. The van der Waals surface area contributed by atoms with Gasteiger partial charge in [0.15, 0.2) is 0 Å². The number of piperidine rings is 1. The number of hydrogen-bond donors (Lipinski definition) is 1. The number of hydrogen-bond acceptors (Lipinski definition) is 7. The average Bonchev–Trinajstić information content (AvgIpc) is 3.19. The molecule has 38 heavy (non-hydrogen) atoms. The number of rotatable bonds is 6. The number of ether oxygens (including phenoxy) is 1. The third-order valence-electron chi connectivity index (χ3n) is 8.14. The molecule has 3 saturated heterocycles. The topological polar surface area (TPSA) is 130 Å². The number of alkyl carbamates (subject to hydrolysis) is 1. The Bertz CT molecular complexity index is 1230. The quantitative estimate of drug-likeness (QED) is 0.612. The van der Waals surface area contributed by atoms with E-state index in [4.69, 9.17) is 4.74 Å². The largest absolute Gasteiger partial charge is 0.444 e. The molecule has 0 spiro atoms. The van der Waals surface area contributed by atoms with Crippen LogP contribution in [-0.4, -0.2) is 81.5 Å². The fourth-order valence-corrected chi connectivity index (χ4v) is 6.37. The summed E-state index contributed by atoms with van der Waals surface area (Å²) < 4.78 is 5.43. The minimum atomic E-state index is -0.926.